The highest BCUT2D eigenvalue weighted by Gasteiger charge is 2.21. The lowest BCUT2D eigenvalue weighted by Gasteiger charge is -2.15. The molecule has 2 amide bonds. The third kappa shape index (κ3) is 5.41. The van der Waals surface area contributed by atoms with E-state index < -0.39 is 30.2 Å². The summed E-state index contributed by atoms with van der Waals surface area (Å²) in [5, 5.41) is 6.70. The number of carbonyl (C=O) groups excluding carboxylic acids is 3. The van der Waals surface area contributed by atoms with Gasteiger partial charge in [0, 0.05) is 12.1 Å². The molecule has 0 aliphatic carbocycles. The Kier molecular flexibility index (Phi) is 7.40. The predicted octanol–water partition coefficient (Wildman–Crippen LogP) is 3.95. The molecule has 2 aromatic carbocycles. The van der Waals surface area contributed by atoms with Crippen LogP contribution in [0, 0.1) is 5.82 Å². The van der Waals surface area contributed by atoms with E-state index >= 15 is 0 Å². The van der Waals surface area contributed by atoms with E-state index in [1.807, 2.05) is 0 Å². The van der Waals surface area contributed by atoms with Gasteiger partial charge in [0.1, 0.15) is 5.82 Å². The molecule has 10 heteroatoms. The standard InChI is InChI=1S/C22H19FN2O6S/c1-29-17-10-13(16(11-18(17)30-2)25-21(27)19-8-5-9-32-19)22(28)31-12-20(26)24-15-7-4-3-6-14(15)23/h3-11H,12H2,1-2H3,(H,24,26)(H,25,27). The number of halogens is 1. The van der Waals surface area contributed by atoms with Crippen LogP contribution in [0.2, 0.25) is 0 Å². The number of benzene rings is 2. The number of esters is 1. The summed E-state index contributed by atoms with van der Waals surface area (Å²) < 4.78 is 29.2. The van der Waals surface area contributed by atoms with Gasteiger partial charge >= 0.3 is 5.97 Å². The number of para-hydroxylation sites is 1. The van der Waals surface area contributed by atoms with Crippen molar-refractivity contribution in [1.29, 1.82) is 0 Å². The molecular weight excluding hydrogens is 439 g/mol. The van der Waals surface area contributed by atoms with E-state index in [1.54, 1.807) is 23.6 Å². The highest BCUT2D eigenvalue weighted by atomic mass is 32.1. The van der Waals surface area contributed by atoms with Crippen LogP contribution >= 0.6 is 11.3 Å². The first-order valence-electron chi connectivity index (χ1n) is 9.25. The zero-order valence-electron chi connectivity index (χ0n) is 17.1. The van der Waals surface area contributed by atoms with E-state index in [9.17, 15) is 18.8 Å². The number of anilines is 2. The van der Waals surface area contributed by atoms with Gasteiger partial charge in [-0.3, -0.25) is 9.59 Å². The van der Waals surface area contributed by atoms with E-state index in [1.165, 1.54) is 55.9 Å². The minimum Gasteiger partial charge on any atom is -0.493 e. The Balaban J connectivity index is 1.78. The molecule has 8 nitrogen and oxygen atoms in total. The monoisotopic (exact) mass is 458 g/mol. The van der Waals surface area contributed by atoms with Gasteiger partial charge in [-0.1, -0.05) is 18.2 Å². The highest BCUT2D eigenvalue weighted by molar-refractivity contribution is 7.12. The average molecular weight is 458 g/mol. The molecule has 0 radical (unpaired) electrons. The van der Waals surface area contributed by atoms with Crippen LogP contribution in [0.25, 0.3) is 0 Å². The van der Waals surface area contributed by atoms with Gasteiger partial charge in [-0.15, -0.1) is 11.3 Å². The summed E-state index contributed by atoms with van der Waals surface area (Å²) in [6, 6.07) is 11.7. The summed E-state index contributed by atoms with van der Waals surface area (Å²) in [7, 11) is 2.80. The average Bonchev–Trinajstić information content (AvgIpc) is 3.34. The molecule has 0 saturated carbocycles. The van der Waals surface area contributed by atoms with Gasteiger partial charge in [0.25, 0.3) is 11.8 Å². The molecule has 0 aliphatic rings. The van der Waals surface area contributed by atoms with Crippen molar-refractivity contribution in [3.8, 4) is 11.5 Å². The third-order valence-corrected chi connectivity index (χ3v) is 5.09. The lowest BCUT2D eigenvalue weighted by atomic mass is 10.1. The van der Waals surface area contributed by atoms with E-state index in [4.69, 9.17) is 14.2 Å². The second-order valence-electron chi connectivity index (χ2n) is 6.29. The van der Waals surface area contributed by atoms with Crippen molar-refractivity contribution >= 4 is 40.5 Å². The Morgan fingerprint density at radius 3 is 2.31 bits per heavy atom. The second-order valence-corrected chi connectivity index (χ2v) is 7.24. The van der Waals surface area contributed by atoms with Crippen LogP contribution in [0.4, 0.5) is 15.8 Å². The fraction of sp³-hybridized carbons (Fsp3) is 0.136. The van der Waals surface area contributed by atoms with Crippen LogP contribution in [-0.4, -0.2) is 38.6 Å². The molecular formula is C22H19FN2O6S. The van der Waals surface area contributed by atoms with Gasteiger partial charge in [-0.25, -0.2) is 9.18 Å². The molecule has 0 unspecified atom stereocenters. The molecule has 32 heavy (non-hydrogen) atoms. The maximum Gasteiger partial charge on any atom is 0.340 e. The summed E-state index contributed by atoms with van der Waals surface area (Å²) in [6.45, 7) is -0.667. The molecule has 0 atom stereocenters. The number of thiophene rings is 1. The van der Waals surface area contributed by atoms with Crippen LogP contribution in [0.5, 0.6) is 11.5 Å². The summed E-state index contributed by atoms with van der Waals surface area (Å²) >= 11 is 1.23. The molecule has 2 N–H and O–H groups in total. The molecule has 3 aromatic rings. The number of hydrogen-bond acceptors (Lipinski definition) is 7. The van der Waals surface area contributed by atoms with Gasteiger partial charge in [0.05, 0.1) is 36.0 Å². The quantitative estimate of drug-likeness (QED) is 0.496. The lowest BCUT2D eigenvalue weighted by molar-refractivity contribution is -0.119. The number of amides is 2. The van der Waals surface area contributed by atoms with Crippen LogP contribution < -0.4 is 20.1 Å². The van der Waals surface area contributed by atoms with Gasteiger partial charge in [-0.05, 0) is 23.6 Å². The molecule has 3 rings (SSSR count). The zero-order chi connectivity index (χ0) is 23.1. The van der Waals surface area contributed by atoms with Crippen LogP contribution in [0.1, 0.15) is 20.0 Å². The first-order chi connectivity index (χ1) is 15.4. The van der Waals surface area contributed by atoms with E-state index in [0.717, 1.165) is 0 Å². The number of hydrogen-bond donors (Lipinski definition) is 2. The topological polar surface area (TPSA) is 103 Å². The number of nitrogens with one attached hydrogen (secondary N) is 2. The molecule has 0 fully saturated rings. The highest BCUT2D eigenvalue weighted by Crippen LogP contribution is 2.34. The number of ether oxygens (including phenoxy) is 3. The third-order valence-electron chi connectivity index (χ3n) is 4.22. The fourth-order valence-corrected chi connectivity index (χ4v) is 3.32. The molecule has 1 heterocycles. The Bertz CT molecular complexity index is 1130. The van der Waals surface area contributed by atoms with Crippen molar-refractivity contribution in [2.75, 3.05) is 31.5 Å². The molecule has 0 bridgehead atoms. The summed E-state index contributed by atoms with van der Waals surface area (Å²) in [6.07, 6.45) is 0. The SMILES string of the molecule is COc1cc(NC(=O)c2cccs2)c(C(=O)OCC(=O)Nc2ccccc2F)cc1OC. The number of carbonyl (C=O) groups is 3. The van der Waals surface area contributed by atoms with Crippen LogP contribution in [-0.2, 0) is 9.53 Å². The molecule has 0 aliphatic heterocycles. The van der Waals surface area contributed by atoms with Crippen LogP contribution in [0.15, 0.2) is 53.9 Å². The first kappa shape index (κ1) is 22.8. The largest absolute Gasteiger partial charge is 0.493 e. The minimum atomic E-state index is -0.892. The van der Waals surface area contributed by atoms with E-state index in [2.05, 4.69) is 10.6 Å². The Labute approximate surface area is 186 Å². The smallest absolute Gasteiger partial charge is 0.340 e. The van der Waals surface area contributed by atoms with Crippen molar-refractivity contribution in [3.63, 3.8) is 0 Å². The van der Waals surface area contributed by atoms with Gasteiger partial charge in [-0.2, -0.15) is 0 Å². The van der Waals surface area contributed by atoms with Gasteiger partial charge in [0.15, 0.2) is 18.1 Å². The normalized spacial score (nSPS) is 10.2. The van der Waals surface area contributed by atoms with Gasteiger partial charge in [0.2, 0.25) is 0 Å². The Hall–Kier alpha value is -3.92. The molecule has 1 aromatic heterocycles. The van der Waals surface area contributed by atoms with Gasteiger partial charge < -0.3 is 24.8 Å². The van der Waals surface area contributed by atoms with Crippen molar-refractivity contribution in [3.05, 3.63) is 70.2 Å². The van der Waals surface area contributed by atoms with Crippen molar-refractivity contribution in [2.24, 2.45) is 0 Å². The van der Waals surface area contributed by atoms with Crippen molar-refractivity contribution in [2.45, 2.75) is 0 Å². The Morgan fingerprint density at radius 1 is 0.938 bits per heavy atom. The molecule has 166 valence electrons. The molecule has 0 spiro atoms. The first-order valence-corrected chi connectivity index (χ1v) is 10.1. The second kappa shape index (κ2) is 10.4. The Morgan fingerprint density at radius 2 is 1.66 bits per heavy atom. The minimum absolute atomic E-state index is 0.0384. The van der Waals surface area contributed by atoms with E-state index in [-0.39, 0.29) is 28.4 Å². The van der Waals surface area contributed by atoms with Crippen molar-refractivity contribution < 1.29 is 33.0 Å². The maximum absolute atomic E-state index is 13.7. The van der Waals surface area contributed by atoms with Crippen LogP contribution in [0.3, 0.4) is 0 Å². The molecule has 0 saturated heterocycles. The number of rotatable bonds is 8. The zero-order valence-corrected chi connectivity index (χ0v) is 18.0. The number of methoxy groups -OCH3 is 2. The predicted molar refractivity (Wildman–Crippen MR) is 117 cm³/mol. The maximum atomic E-state index is 13.7. The summed E-state index contributed by atoms with van der Waals surface area (Å²) in [4.78, 5) is 37.7. The summed E-state index contributed by atoms with van der Waals surface area (Å²) in [5.74, 6) is -2.17. The fourth-order valence-electron chi connectivity index (χ4n) is 2.70. The summed E-state index contributed by atoms with van der Waals surface area (Å²) in [5.41, 5.74) is 0.0235. The van der Waals surface area contributed by atoms with E-state index in [0.29, 0.717) is 4.88 Å². The lowest BCUT2D eigenvalue weighted by Crippen LogP contribution is -2.22. The van der Waals surface area contributed by atoms with Crippen molar-refractivity contribution in [1.82, 2.24) is 0 Å².